The van der Waals surface area contributed by atoms with Crippen LogP contribution >= 0.6 is 0 Å². The highest BCUT2D eigenvalue weighted by Gasteiger charge is 2.23. The minimum absolute atomic E-state index is 0.632. The summed E-state index contributed by atoms with van der Waals surface area (Å²) in [6, 6.07) is 57.7. The molecule has 0 N–H and O–H groups in total. The second-order valence-electron chi connectivity index (χ2n) is 13.0. The molecule has 0 radical (unpaired) electrons. The van der Waals surface area contributed by atoms with Crippen molar-refractivity contribution in [2.75, 3.05) is 0 Å². The fourth-order valence-electron chi connectivity index (χ4n) is 7.90. The maximum atomic E-state index is 6.61. The van der Waals surface area contributed by atoms with Crippen molar-refractivity contribution in [2.45, 2.75) is 13.8 Å². The van der Waals surface area contributed by atoms with Crippen LogP contribution in [-0.4, -0.2) is 14.5 Å². The predicted octanol–water partition coefficient (Wildman–Crippen LogP) is 13.3. The number of para-hydroxylation sites is 3. The maximum Gasteiger partial charge on any atom is 0.235 e. The van der Waals surface area contributed by atoms with Crippen LogP contribution in [0.4, 0.5) is 0 Å². The van der Waals surface area contributed by atoms with Crippen LogP contribution in [-0.2, 0) is 0 Å². The summed E-state index contributed by atoms with van der Waals surface area (Å²) in [6.07, 6.45) is 0. The summed E-state index contributed by atoms with van der Waals surface area (Å²) in [5.74, 6) is 0.632. The van der Waals surface area contributed by atoms with Gasteiger partial charge in [-0.3, -0.25) is 4.57 Å². The van der Waals surface area contributed by atoms with E-state index in [4.69, 9.17) is 14.4 Å². The summed E-state index contributed by atoms with van der Waals surface area (Å²) in [5.41, 5.74) is 8.84. The lowest BCUT2D eigenvalue weighted by molar-refractivity contribution is 0.670. The zero-order valence-electron chi connectivity index (χ0n) is 28.8. The summed E-state index contributed by atoms with van der Waals surface area (Å²) in [6.45, 7) is 4.00. The molecule has 11 aromatic rings. The number of fused-ring (bicyclic) bond motifs is 10. The van der Waals surface area contributed by atoms with Gasteiger partial charge in [-0.05, 0) is 40.4 Å². The summed E-state index contributed by atoms with van der Waals surface area (Å²) in [7, 11) is 0. The third-order valence-electron chi connectivity index (χ3n) is 10.2. The van der Waals surface area contributed by atoms with Crippen LogP contribution in [0.1, 0.15) is 13.8 Å². The van der Waals surface area contributed by atoms with Crippen molar-refractivity contribution in [3.05, 3.63) is 164 Å². The van der Waals surface area contributed by atoms with Crippen molar-refractivity contribution in [2.24, 2.45) is 0 Å². The summed E-state index contributed by atoms with van der Waals surface area (Å²) >= 11 is 0. The second kappa shape index (κ2) is 11.9. The molecule has 0 saturated carbocycles. The van der Waals surface area contributed by atoms with E-state index in [0.717, 1.165) is 87.8 Å². The van der Waals surface area contributed by atoms with Crippen LogP contribution in [0.2, 0.25) is 0 Å². The van der Waals surface area contributed by atoms with Gasteiger partial charge < -0.3 is 4.42 Å². The molecule has 246 valence electrons. The lowest BCUT2D eigenvalue weighted by Gasteiger charge is -2.15. The first kappa shape index (κ1) is 30.1. The molecule has 52 heavy (non-hydrogen) atoms. The average Bonchev–Trinajstić information content (AvgIpc) is 3.76. The highest BCUT2D eigenvalue weighted by molar-refractivity contribution is 6.19. The fourth-order valence-corrected chi connectivity index (χ4v) is 7.90. The van der Waals surface area contributed by atoms with Crippen LogP contribution < -0.4 is 0 Å². The van der Waals surface area contributed by atoms with Gasteiger partial charge in [-0.2, -0.15) is 0 Å². The molecule has 0 atom stereocenters. The van der Waals surface area contributed by atoms with Crippen LogP contribution in [0.5, 0.6) is 0 Å². The van der Waals surface area contributed by atoms with Crippen molar-refractivity contribution in [3.63, 3.8) is 0 Å². The minimum Gasteiger partial charge on any atom is -0.455 e. The van der Waals surface area contributed by atoms with Crippen LogP contribution in [0.25, 0.3) is 105 Å². The fraction of sp³-hybridized carbons (Fsp3) is 0.0417. The molecule has 4 nitrogen and oxygen atoms in total. The number of nitrogens with zero attached hydrogens (tertiary/aromatic N) is 3. The summed E-state index contributed by atoms with van der Waals surface area (Å²) in [4.78, 5) is 10.9. The Morgan fingerprint density at radius 3 is 1.94 bits per heavy atom. The van der Waals surface area contributed by atoms with Crippen LogP contribution in [0.3, 0.4) is 0 Å². The number of rotatable bonds is 3. The van der Waals surface area contributed by atoms with E-state index in [0.29, 0.717) is 5.95 Å². The van der Waals surface area contributed by atoms with Gasteiger partial charge in [0.1, 0.15) is 11.2 Å². The zero-order valence-corrected chi connectivity index (χ0v) is 28.8. The monoisotopic (exact) mass is 667 g/mol. The molecule has 11 rings (SSSR count). The number of benzene rings is 8. The van der Waals surface area contributed by atoms with Crippen molar-refractivity contribution in [3.8, 4) is 28.3 Å². The third-order valence-corrected chi connectivity index (χ3v) is 10.2. The van der Waals surface area contributed by atoms with Gasteiger partial charge in [0.25, 0.3) is 0 Å². The van der Waals surface area contributed by atoms with Gasteiger partial charge in [-0.25, -0.2) is 9.97 Å². The molecule has 3 aromatic heterocycles. The van der Waals surface area contributed by atoms with E-state index in [1.54, 1.807) is 0 Å². The zero-order chi connectivity index (χ0) is 34.8. The van der Waals surface area contributed by atoms with E-state index >= 15 is 0 Å². The topological polar surface area (TPSA) is 43.9 Å². The molecule has 0 aliphatic carbocycles. The Labute approximate surface area is 300 Å². The Morgan fingerprint density at radius 2 is 1.12 bits per heavy atom. The standard InChI is InChI=1S/C46H27N3O.C2H6/c1-2-13-29(14-3-1)42-38-25-24-28-12-6-7-17-32(28)43(38)48-46(47-42)49-40-27-31-16-5-4-15-30(31)26-39(40)35-20-10-19-34(44(35)49)37-22-11-21-36-33-18-8-9-23-41(33)50-45(36)37;1-2/h1-27H;1-2H3. The SMILES string of the molecule is CC.c1ccc(-c2nc(-n3c4cc5ccccc5cc4c4cccc(-c5cccc6c5oc5ccccc56)c43)nc3c2ccc2ccccc23)cc1. The first-order valence-electron chi connectivity index (χ1n) is 17.9. The summed E-state index contributed by atoms with van der Waals surface area (Å²) in [5, 5.41) is 10.1. The molecule has 3 heterocycles. The Hall–Kier alpha value is -6.78. The number of aromatic nitrogens is 3. The van der Waals surface area contributed by atoms with E-state index in [9.17, 15) is 0 Å². The molecule has 0 spiro atoms. The summed E-state index contributed by atoms with van der Waals surface area (Å²) < 4.78 is 8.89. The number of furan rings is 1. The quantitative estimate of drug-likeness (QED) is 0.176. The molecule has 0 saturated heterocycles. The Bertz CT molecular complexity index is 3150. The van der Waals surface area contributed by atoms with E-state index in [1.165, 1.54) is 10.8 Å². The van der Waals surface area contributed by atoms with Gasteiger partial charge >= 0.3 is 0 Å². The average molecular weight is 668 g/mol. The van der Waals surface area contributed by atoms with E-state index in [-0.39, 0.29) is 0 Å². The van der Waals surface area contributed by atoms with Gasteiger partial charge in [-0.15, -0.1) is 0 Å². The Balaban J connectivity index is 0.00000166. The Morgan fingerprint density at radius 1 is 0.462 bits per heavy atom. The molecule has 0 aliphatic rings. The lowest BCUT2D eigenvalue weighted by Crippen LogP contribution is -2.04. The predicted molar refractivity (Wildman–Crippen MR) is 218 cm³/mol. The highest BCUT2D eigenvalue weighted by Crippen LogP contribution is 2.43. The van der Waals surface area contributed by atoms with Gasteiger partial charge in [0.2, 0.25) is 5.95 Å². The van der Waals surface area contributed by atoms with Crippen LogP contribution in [0.15, 0.2) is 168 Å². The van der Waals surface area contributed by atoms with Crippen molar-refractivity contribution >= 4 is 76.2 Å². The number of hydrogen-bond acceptors (Lipinski definition) is 3. The van der Waals surface area contributed by atoms with Crippen LogP contribution in [0, 0.1) is 0 Å². The normalized spacial score (nSPS) is 11.7. The molecule has 0 amide bonds. The second-order valence-corrected chi connectivity index (χ2v) is 13.0. The van der Waals surface area contributed by atoms with E-state index in [1.807, 2.05) is 32.0 Å². The molecule has 0 aliphatic heterocycles. The Kier molecular flexibility index (Phi) is 6.90. The van der Waals surface area contributed by atoms with E-state index in [2.05, 4.69) is 150 Å². The first-order chi connectivity index (χ1) is 25.8. The third kappa shape index (κ3) is 4.47. The number of hydrogen-bond donors (Lipinski definition) is 0. The van der Waals surface area contributed by atoms with Gasteiger partial charge in [0, 0.05) is 49.0 Å². The lowest BCUT2D eigenvalue weighted by atomic mass is 9.99. The highest BCUT2D eigenvalue weighted by atomic mass is 16.3. The molecular formula is C48H33N3O. The van der Waals surface area contributed by atoms with Crippen molar-refractivity contribution in [1.29, 1.82) is 0 Å². The minimum atomic E-state index is 0.632. The van der Waals surface area contributed by atoms with Crippen molar-refractivity contribution in [1.82, 2.24) is 14.5 Å². The molecule has 0 unspecified atom stereocenters. The van der Waals surface area contributed by atoms with Gasteiger partial charge in [0.05, 0.1) is 22.2 Å². The molecule has 8 aromatic carbocycles. The molecular weight excluding hydrogens is 635 g/mol. The molecule has 4 heteroatoms. The van der Waals surface area contributed by atoms with E-state index < -0.39 is 0 Å². The molecule has 0 bridgehead atoms. The first-order valence-corrected chi connectivity index (χ1v) is 17.9. The van der Waals surface area contributed by atoms with Crippen molar-refractivity contribution < 1.29 is 4.42 Å². The largest absolute Gasteiger partial charge is 0.455 e. The smallest absolute Gasteiger partial charge is 0.235 e. The maximum absolute atomic E-state index is 6.61. The van der Waals surface area contributed by atoms with Gasteiger partial charge in [0.15, 0.2) is 0 Å². The molecule has 0 fully saturated rings. The van der Waals surface area contributed by atoms with Gasteiger partial charge in [-0.1, -0.05) is 153 Å².